The fourth-order valence-corrected chi connectivity index (χ4v) is 1.56. The van der Waals surface area contributed by atoms with Crippen LogP contribution in [0, 0.1) is 0 Å². The highest BCUT2D eigenvalue weighted by molar-refractivity contribution is 5.72. The zero-order chi connectivity index (χ0) is 15.6. The first-order valence-corrected chi connectivity index (χ1v) is 7.61. The van der Waals surface area contributed by atoms with E-state index in [-0.39, 0.29) is 12.3 Å². The first kappa shape index (κ1) is 21.2. The van der Waals surface area contributed by atoms with Gasteiger partial charge in [0.15, 0.2) is 0 Å². The highest BCUT2D eigenvalue weighted by Gasteiger charge is 1.96. The van der Waals surface area contributed by atoms with E-state index in [4.69, 9.17) is 10.2 Å². The van der Waals surface area contributed by atoms with E-state index in [2.05, 4.69) is 12.2 Å². The number of unbranched alkanes of at least 4 members (excludes halogenated alkanes) is 6. The molecule has 0 rings (SSSR count). The molecule has 0 radical (unpaired) electrons. The number of amides is 1. The van der Waals surface area contributed by atoms with Crippen LogP contribution in [0.4, 0.5) is 0 Å². The molecule has 120 valence electrons. The first-order valence-electron chi connectivity index (χ1n) is 7.61. The van der Waals surface area contributed by atoms with Crippen molar-refractivity contribution in [2.45, 2.75) is 71.6 Å². The molecule has 0 aliphatic carbocycles. The Bertz CT molecular complexity index is 208. The molecule has 0 heterocycles. The Morgan fingerprint density at radius 3 is 2.00 bits per heavy atom. The Balaban J connectivity index is 0. The monoisotopic (exact) mass is 289 g/mol. The second-order valence-corrected chi connectivity index (χ2v) is 4.83. The van der Waals surface area contributed by atoms with Crippen molar-refractivity contribution in [3.8, 4) is 0 Å². The third-order valence-corrected chi connectivity index (χ3v) is 2.70. The van der Waals surface area contributed by atoms with Gasteiger partial charge in [-0.3, -0.25) is 9.59 Å². The molecule has 0 aromatic rings. The van der Waals surface area contributed by atoms with Crippen LogP contribution in [0.5, 0.6) is 0 Å². The molecule has 0 unspecified atom stereocenters. The lowest BCUT2D eigenvalue weighted by molar-refractivity contribution is -0.137. The number of aliphatic carboxylic acids is 1. The van der Waals surface area contributed by atoms with Crippen LogP contribution < -0.4 is 5.32 Å². The largest absolute Gasteiger partial charge is 0.481 e. The second kappa shape index (κ2) is 17.9. The summed E-state index contributed by atoms with van der Waals surface area (Å²) >= 11 is 0. The van der Waals surface area contributed by atoms with E-state index in [1.807, 2.05) is 0 Å². The van der Waals surface area contributed by atoms with E-state index in [1.54, 1.807) is 0 Å². The van der Waals surface area contributed by atoms with Crippen molar-refractivity contribution in [1.82, 2.24) is 5.32 Å². The molecule has 1 amide bonds. The highest BCUT2D eigenvalue weighted by atomic mass is 16.4. The summed E-state index contributed by atoms with van der Waals surface area (Å²) < 4.78 is 0. The summed E-state index contributed by atoms with van der Waals surface area (Å²) in [7, 11) is 0. The third kappa shape index (κ3) is 25.7. The molecule has 20 heavy (non-hydrogen) atoms. The fourth-order valence-electron chi connectivity index (χ4n) is 1.56. The van der Waals surface area contributed by atoms with Crippen LogP contribution in [0.15, 0.2) is 0 Å². The maximum Gasteiger partial charge on any atom is 0.303 e. The van der Waals surface area contributed by atoms with Gasteiger partial charge in [0.1, 0.15) is 0 Å². The Hall–Kier alpha value is -1.10. The van der Waals surface area contributed by atoms with Crippen LogP contribution in [0.3, 0.4) is 0 Å². The predicted molar refractivity (Wildman–Crippen MR) is 80.6 cm³/mol. The maximum atomic E-state index is 10.5. The van der Waals surface area contributed by atoms with Gasteiger partial charge >= 0.3 is 5.97 Å². The average molecular weight is 289 g/mol. The standard InChI is InChI=1S/C10H19NO3.C5H12O/c1-9(12)11-8-6-4-2-3-5-7-10(13)14;1-2-3-4-5-6/h2-8H2,1H3,(H,11,12)(H,13,14);6H,2-5H2,1H3. The van der Waals surface area contributed by atoms with Crippen molar-refractivity contribution >= 4 is 11.9 Å². The number of nitrogens with one attached hydrogen (secondary N) is 1. The molecular formula is C15H31NO4. The molecule has 0 spiro atoms. The second-order valence-electron chi connectivity index (χ2n) is 4.83. The van der Waals surface area contributed by atoms with Crippen molar-refractivity contribution < 1.29 is 19.8 Å². The van der Waals surface area contributed by atoms with E-state index in [9.17, 15) is 9.59 Å². The SMILES string of the molecule is CC(=O)NCCCCCCCC(=O)O.CCCCCO. The van der Waals surface area contributed by atoms with Gasteiger partial charge < -0.3 is 15.5 Å². The van der Waals surface area contributed by atoms with Gasteiger partial charge in [0.05, 0.1) is 0 Å². The zero-order valence-corrected chi connectivity index (χ0v) is 13.0. The van der Waals surface area contributed by atoms with Gasteiger partial charge in [0.25, 0.3) is 0 Å². The van der Waals surface area contributed by atoms with E-state index >= 15 is 0 Å². The van der Waals surface area contributed by atoms with Crippen LogP contribution in [0.2, 0.25) is 0 Å². The molecule has 5 nitrogen and oxygen atoms in total. The van der Waals surface area contributed by atoms with Gasteiger partial charge in [-0.15, -0.1) is 0 Å². The minimum Gasteiger partial charge on any atom is -0.481 e. The highest BCUT2D eigenvalue weighted by Crippen LogP contribution is 2.04. The van der Waals surface area contributed by atoms with E-state index < -0.39 is 5.97 Å². The van der Waals surface area contributed by atoms with Gasteiger partial charge in [-0.25, -0.2) is 0 Å². The van der Waals surface area contributed by atoms with Crippen LogP contribution in [-0.4, -0.2) is 35.2 Å². The summed E-state index contributed by atoms with van der Waals surface area (Å²) in [6, 6.07) is 0. The lowest BCUT2D eigenvalue weighted by Gasteiger charge is -2.01. The van der Waals surface area contributed by atoms with Crippen LogP contribution in [0.1, 0.15) is 71.6 Å². The Kier molecular flexibility index (Phi) is 19.0. The predicted octanol–water partition coefficient (Wildman–Crippen LogP) is 2.72. The lowest BCUT2D eigenvalue weighted by atomic mass is 10.1. The van der Waals surface area contributed by atoms with Crippen molar-refractivity contribution in [2.24, 2.45) is 0 Å². The summed E-state index contributed by atoms with van der Waals surface area (Å²) in [4.78, 5) is 20.6. The summed E-state index contributed by atoms with van der Waals surface area (Å²) in [6.45, 7) is 4.71. The molecule has 0 aromatic heterocycles. The number of carboxylic acid groups (broad SMARTS) is 1. The minimum absolute atomic E-state index is 0.0101. The molecule has 0 bridgehead atoms. The van der Waals surface area contributed by atoms with Gasteiger partial charge in [-0.2, -0.15) is 0 Å². The van der Waals surface area contributed by atoms with Gasteiger partial charge in [0.2, 0.25) is 5.91 Å². The smallest absolute Gasteiger partial charge is 0.303 e. The molecular weight excluding hydrogens is 258 g/mol. The van der Waals surface area contributed by atoms with Crippen LogP contribution in [0.25, 0.3) is 0 Å². The van der Waals surface area contributed by atoms with E-state index in [1.165, 1.54) is 13.3 Å². The third-order valence-electron chi connectivity index (χ3n) is 2.70. The Morgan fingerprint density at radius 2 is 1.55 bits per heavy atom. The van der Waals surface area contributed by atoms with Crippen molar-refractivity contribution in [2.75, 3.05) is 13.2 Å². The van der Waals surface area contributed by atoms with E-state index in [0.717, 1.165) is 51.5 Å². The van der Waals surface area contributed by atoms with Gasteiger partial charge in [0, 0.05) is 26.5 Å². The molecule has 0 saturated carbocycles. The Morgan fingerprint density at radius 1 is 0.950 bits per heavy atom. The number of hydrogen-bond acceptors (Lipinski definition) is 3. The summed E-state index contributed by atoms with van der Waals surface area (Å²) in [5.74, 6) is -0.709. The van der Waals surface area contributed by atoms with Gasteiger partial charge in [-0.05, 0) is 19.3 Å². The summed E-state index contributed by atoms with van der Waals surface area (Å²) in [6.07, 6.45) is 8.40. The molecule has 0 saturated heterocycles. The number of hydrogen-bond donors (Lipinski definition) is 3. The quantitative estimate of drug-likeness (QED) is 0.510. The zero-order valence-electron chi connectivity index (χ0n) is 13.0. The van der Waals surface area contributed by atoms with Crippen molar-refractivity contribution in [1.29, 1.82) is 0 Å². The average Bonchev–Trinajstić information content (AvgIpc) is 2.39. The van der Waals surface area contributed by atoms with Crippen LogP contribution >= 0.6 is 0 Å². The Labute approximate surface area is 122 Å². The number of carboxylic acids is 1. The maximum absolute atomic E-state index is 10.5. The molecule has 5 heteroatoms. The number of rotatable bonds is 11. The molecule has 0 atom stereocenters. The lowest BCUT2D eigenvalue weighted by Crippen LogP contribution is -2.20. The van der Waals surface area contributed by atoms with Crippen LogP contribution in [-0.2, 0) is 9.59 Å². The molecule has 0 aliphatic heterocycles. The fraction of sp³-hybridized carbons (Fsp3) is 0.867. The molecule has 0 fully saturated rings. The number of aliphatic hydroxyl groups excluding tert-OH is 1. The summed E-state index contributed by atoms with van der Waals surface area (Å²) in [5.41, 5.74) is 0. The topological polar surface area (TPSA) is 86.6 Å². The molecule has 3 N–H and O–H groups in total. The van der Waals surface area contributed by atoms with E-state index in [0.29, 0.717) is 6.61 Å². The molecule has 0 aromatic carbocycles. The number of carbonyl (C=O) groups excluding carboxylic acids is 1. The normalized spacial score (nSPS) is 9.55. The minimum atomic E-state index is -0.719. The summed E-state index contributed by atoms with van der Waals surface area (Å²) in [5, 5.41) is 19.3. The number of aliphatic hydroxyl groups is 1. The van der Waals surface area contributed by atoms with Gasteiger partial charge in [-0.1, -0.05) is 39.0 Å². The van der Waals surface area contributed by atoms with Crippen molar-refractivity contribution in [3.63, 3.8) is 0 Å². The van der Waals surface area contributed by atoms with Crippen molar-refractivity contribution in [3.05, 3.63) is 0 Å². The molecule has 0 aliphatic rings. The number of carbonyl (C=O) groups is 2. The first-order chi connectivity index (χ1) is 9.54.